The molecule has 1 aromatic carbocycles. The van der Waals surface area contributed by atoms with Crippen LogP contribution < -0.4 is 16.1 Å². The molecule has 0 radical (unpaired) electrons. The summed E-state index contributed by atoms with van der Waals surface area (Å²) in [5, 5.41) is 0.322. The molecule has 176 valence electrons. The van der Waals surface area contributed by atoms with Crippen molar-refractivity contribution >= 4 is 34.4 Å². The summed E-state index contributed by atoms with van der Waals surface area (Å²) < 4.78 is 21.3. The average molecular weight is 477 g/mol. The van der Waals surface area contributed by atoms with Crippen LogP contribution in [-0.2, 0) is 11.3 Å². The van der Waals surface area contributed by atoms with Crippen molar-refractivity contribution in [3.05, 3.63) is 61.0 Å². The van der Waals surface area contributed by atoms with Gasteiger partial charge >= 0.3 is 11.7 Å². The molecule has 10 heteroatoms. The molecule has 0 spiro atoms. The number of carbonyl (C=O) groups is 1. The van der Waals surface area contributed by atoms with E-state index >= 15 is 0 Å². The van der Waals surface area contributed by atoms with Gasteiger partial charge < -0.3 is 19.2 Å². The van der Waals surface area contributed by atoms with Crippen molar-refractivity contribution in [2.24, 2.45) is 0 Å². The maximum Gasteiger partial charge on any atom is 0.344 e. The number of fused-ring (bicyclic) bond motifs is 1. The number of rotatable bonds is 4. The summed E-state index contributed by atoms with van der Waals surface area (Å²) in [4.78, 5) is 45.3. The summed E-state index contributed by atoms with van der Waals surface area (Å²) in [6, 6.07) is 3.99. The summed E-state index contributed by atoms with van der Waals surface area (Å²) >= 11 is 6.33. The number of hydrogen-bond acceptors (Lipinski definition) is 5. The Bertz CT molecular complexity index is 1330. The maximum absolute atomic E-state index is 14.0. The maximum atomic E-state index is 14.0. The van der Waals surface area contributed by atoms with E-state index in [4.69, 9.17) is 16.3 Å². The number of halogens is 2. The third kappa shape index (κ3) is 4.68. The van der Waals surface area contributed by atoms with Crippen molar-refractivity contribution < 1.29 is 13.9 Å². The molecule has 2 N–H and O–H groups in total. The van der Waals surface area contributed by atoms with Gasteiger partial charge in [0.25, 0.3) is 5.56 Å². The lowest BCUT2D eigenvalue weighted by atomic mass is 10.1. The number of carbonyl (C=O) groups excluding carboxylic acids is 1. The number of H-pyrrole nitrogens is 2. The number of nitrogens with zero attached hydrogens (tertiary/aromatic N) is 2. The molecule has 0 unspecified atom stereocenters. The van der Waals surface area contributed by atoms with Crippen molar-refractivity contribution in [2.75, 3.05) is 18.0 Å². The van der Waals surface area contributed by atoms with Crippen molar-refractivity contribution in [3.8, 4) is 0 Å². The number of aromatic amines is 2. The van der Waals surface area contributed by atoms with E-state index in [2.05, 4.69) is 9.97 Å². The highest BCUT2D eigenvalue weighted by Gasteiger charge is 2.32. The Hall–Kier alpha value is -3.07. The molecular weight excluding hydrogens is 451 g/mol. The topological polar surface area (TPSA) is 100 Å². The monoisotopic (exact) mass is 476 g/mol. The van der Waals surface area contributed by atoms with Crippen LogP contribution in [0, 0.1) is 5.82 Å². The van der Waals surface area contributed by atoms with Crippen LogP contribution >= 0.6 is 11.6 Å². The predicted octanol–water partition coefficient (Wildman–Crippen LogP) is 3.80. The third-order valence-corrected chi connectivity index (χ3v) is 5.88. The average Bonchev–Trinajstić information content (AvgIpc) is 3.04. The van der Waals surface area contributed by atoms with Crippen LogP contribution in [0.1, 0.15) is 56.0 Å². The molecule has 0 aliphatic carbocycles. The normalized spacial score (nSPS) is 14.6. The molecule has 3 heterocycles. The van der Waals surface area contributed by atoms with E-state index in [1.165, 1.54) is 18.2 Å². The standard InChI is InChI=1S/C23H26ClFN4O4/c1-23(2,3)33-21(31)16-17-18(19(30)27-22(32)26-17)29(20(16)28-9-5-4-6-10-28)12-13-11-14(25)7-8-15(13)24/h7-8,11H,4-6,9-10,12H2,1-3H3,(H2,26,27,30,32). The predicted molar refractivity (Wildman–Crippen MR) is 125 cm³/mol. The second-order valence-electron chi connectivity index (χ2n) is 9.20. The highest BCUT2D eigenvalue weighted by molar-refractivity contribution is 6.31. The smallest absolute Gasteiger partial charge is 0.344 e. The number of nitrogens with one attached hydrogen (secondary N) is 2. The van der Waals surface area contributed by atoms with Gasteiger partial charge in [-0.15, -0.1) is 0 Å². The molecule has 0 saturated carbocycles. The molecule has 1 fully saturated rings. The number of ether oxygens (including phenoxy) is 1. The van der Waals surface area contributed by atoms with Gasteiger partial charge in [0.05, 0.1) is 12.1 Å². The minimum Gasteiger partial charge on any atom is -0.456 e. The van der Waals surface area contributed by atoms with Gasteiger partial charge in [0, 0.05) is 18.1 Å². The van der Waals surface area contributed by atoms with Crippen molar-refractivity contribution in [3.63, 3.8) is 0 Å². The largest absolute Gasteiger partial charge is 0.456 e. The zero-order chi connectivity index (χ0) is 23.9. The van der Waals surface area contributed by atoms with Gasteiger partial charge in [-0.05, 0) is 63.8 Å². The highest BCUT2D eigenvalue weighted by atomic mass is 35.5. The molecule has 2 aromatic heterocycles. The lowest BCUT2D eigenvalue weighted by molar-refractivity contribution is 0.00721. The molecule has 1 aliphatic rings. The Morgan fingerprint density at radius 1 is 1.15 bits per heavy atom. The van der Waals surface area contributed by atoms with Crippen molar-refractivity contribution in [2.45, 2.75) is 52.2 Å². The van der Waals surface area contributed by atoms with Gasteiger partial charge in [-0.25, -0.2) is 14.0 Å². The zero-order valence-electron chi connectivity index (χ0n) is 18.8. The summed E-state index contributed by atoms with van der Waals surface area (Å²) in [6.45, 7) is 6.57. The molecule has 1 aliphatic heterocycles. The van der Waals surface area contributed by atoms with Crippen LogP contribution in [0.5, 0.6) is 0 Å². The van der Waals surface area contributed by atoms with Crippen LogP contribution in [0.2, 0.25) is 5.02 Å². The first-order valence-electron chi connectivity index (χ1n) is 10.9. The van der Waals surface area contributed by atoms with E-state index in [0.717, 1.165) is 19.3 Å². The van der Waals surface area contributed by atoms with Crippen LogP contribution in [0.4, 0.5) is 10.2 Å². The van der Waals surface area contributed by atoms with Gasteiger partial charge in [0.1, 0.15) is 28.3 Å². The lowest BCUT2D eigenvalue weighted by Crippen LogP contribution is -2.33. The highest BCUT2D eigenvalue weighted by Crippen LogP contribution is 2.35. The van der Waals surface area contributed by atoms with Crippen LogP contribution in [0.15, 0.2) is 27.8 Å². The van der Waals surface area contributed by atoms with Crippen molar-refractivity contribution in [1.29, 1.82) is 0 Å². The molecule has 33 heavy (non-hydrogen) atoms. The number of benzene rings is 1. The lowest BCUT2D eigenvalue weighted by Gasteiger charge is -2.31. The number of piperidine rings is 1. The molecule has 4 rings (SSSR count). The van der Waals surface area contributed by atoms with Gasteiger partial charge in [-0.2, -0.15) is 0 Å². The Morgan fingerprint density at radius 2 is 1.85 bits per heavy atom. The molecule has 3 aromatic rings. The Morgan fingerprint density at radius 3 is 2.52 bits per heavy atom. The van der Waals surface area contributed by atoms with E-state index < -0.39 is 28.6 Å². The van der Waals surface area contributed by atoms with Crippen LogP contribution in [0.3, 0.4) is 0 Å². The molecule has 0 atom stereocenters. The minimum absolute atomic E-state index is 0.0247. The van der Waals surface area contributed by atoms with E-state index in [1.807, 2.05) is 4.90 Å². The van der Waals surface area contributed by atoms with Gasteiger partial charge in [-0.3, -0.25) is 9.78 Å². The van der Waals surface area contributed by atoms with Crippen molar-refractivity contribution in [1.82, 2.24) is 14.5 Å². The fourth-order valence-corrected chi connectivity index (χ4v) is 4.39. The number of esters is 1. The quantitative estimate of drug-likeness (QED) is 0.558. The first-order chi connectivity index (χ1) is 15.5. The summed E-state index contributed by atoms with van der Waals surface area (Å²) in [7, 11) is 0. The van der Waals surface area contributed by atoms with E-state index in [-0.39, 0.29) is 23.1 Å². The number of hydrogen-bond donors (Lipinski definition) is 2. The fourth-order valence-electron chi connectivity index (χ4n) is 4.22. The first kappa shape index (κ1) is 23.1. The van der Waals surface area contributed by atoms with Crippen LogP contribution in [0.25, 0.3) is 11.0 Å². The Balaban J connectivity index is 2.04. The summed E-state index contributed by atoms with van der Waals surface area (Å²) in [5.41, 5.74) is -1.45. The number of aromatic nitrogens is 3. The van der Waals surface area contributed by atoms with E-state index in [1.54, 1.807) is 25.3 Å². The SMILES string of the molecule is CC(C)(C)OC(=O)c1c(N2CCCCC2)n(Cc2cc(F)ccc2Cl)c2c(=O)[nH]c(=O)[nH]c12. The first-order valence-corrected chi connectivity index (χ1v) is 11.2. The molecule has 0 bridgehead atoms. The second kappa shape index (κ2) is 8.70. The third-order valence-electron chi connectivity index (χ3n) is 5.51. The number of anilines is 1. The Labute approximate surface area is 194 Å². The van der Waals surface area contributed by atoms with Gasteiger partial charge in [0.15, 0.2) is 0 Å². The van der Waals surface area contributed by atoms with E-state index in [0.29, 0.717) is 29.5 Å². The van der Waals surface area contributed by atoms with Gasteiger partial charge in [0.2, 0.25) is 0 Å². The molecule has 8 nitrogen and oxygen atoms in total. The molecular formula is C23H26ClFN4O4. The summed E-state index contributed by atoms with van der Waals surface area (Å²) in [6.07, 6.45) is 2.86. The second-order valence-corrected chi connectivity index (χ2v) is 9.61. The molecule has 0 amide bonds. The summed E-state index contributed by atoms with van der Waals surface area (Å²) in [5.74, 6) is -0.676. The minimum atomic E-state index is -0.794. The van der Waals surface area contributed by atoms with Crippen LogP contribution in [-0.4, -0.2) is 39.2 Å². The fraction of sp³-hybridized carbons (Fsp3) is 0.435. The molecule has 1 saturated heterocycles. The van der Waals surface area contributed by atoms with Gasteiger partial charge in [-0.1, -0.05) is 11.6 Å². The zero-order valence-corrected chi connectivity index (χ0v) is 19.5. The Kier molecular flexibility index (Phi) is 6.09. The van der Waals surface area contributed by atoms with E-state index in [9.17, 15) is 18.8 Å².